The van der Waals surface area contributed by atoms with Crippen molar-refractivity contribution in [2.24, 2.45) is 0 Å². The highest BCUT2D eigenvalue weighted by atomic mass is 35.5. The molecule has 0 saturated heterocycles. The molecule has 0 spiro atoms. The van der Waals surface area contributed by atoms with Crippen molar-refractivity contribution < 1.29 is 9.21 Å². The van der Waals surface area contributed by atoms with Crippen molar-refractivity contribution in [3.63, 3.8) is 0 Å². The summed E-state index contributed by atoms with van der Waals surface area (Å²) >= 11 is 12.8. The number of hydrogen-bond donors (Lipinski definition) is 0. The molecule has 0 aliphatic carbocycles. The summed E-state index contributed by atoms with van der Waals surface area (Å²) in [5.74, 6) is 0.401. The molecule has 7 nitrogen and oxygen atoms in total. The molecule has 0 radical (unpaired) electrons. The number of carbonyl (C=O) groups is 1. The van der Waals surface area contributed by atoms with Gasteiger partial charge in [0.15, 0.2) is 0 Å². The number of halogens is 2. The Bertz CT molecular complexity index is 1250. The van der Waals surface area contributed by atoms with E-state index in [0.29, 0.717) is 51.9 Å². The number of amides is 1. The highest BCUT2D eigenvalue weighted by molar-refractivity contribution is 6.33. The molecule has 1 amide bonds. The van der Waals surface area contributed by atoms with E-state index in [1.807, 2.05) is 49.4 Å². The van der Waals surface area contributed by atoms with Crippen LogP contribution in [-0.2, 0) is 13.1 Å². The van der Waals surface area contributed by atoms with Gasteiger partial charge in [-0.2, -0.15) is 5.10 Å². The second-order valence-corrected chi connectivity index (χ2v) is 8.37. The van der Waals surface area contributed by atoms with Gasteiger partial charge in [0.25, 0.3) is 5.91 Å². The van der Waals surface area contributed by atoms with Gasteiger partial charge in [-0.05, 0) is 31.0 Å². The van der Waals surface area contributed by atoms with Crippen molar-refractivity contribution in [3.05, 3.63) is 87.5 Å². The van der Waals surface area contributed by atoms with Crippen molar-refractivity contribution in [2.75, 3.05) is 6.54 Å². The molecule has 4 rings (SSSR count). The first-order valence-corrected chi connectivity index (χ1v) is 11.4. The van der Waals surface area contributed by atoms with Gasteiger partial charge in [0.2, 0.25) is 11.8 Å². The van der Waals surface area contributed by atoms with Crippen LogP contribution >= 0.6 is 23.2 Å². The molecule has 2 aromatic carbocycles. The van der Waals surface area contributed by atoms with Gasteiger partial charge in [-0.15, -0.1) is 10.2 Å². The summed E-state index contributed by atoms with van der Waals surface area (Å²) in [6.07, 6.45) is 0.756. The highest BCUT2D eigenvalue weighted by Gasteiger charge is 2.26. The lowest BCUT2D eigenvalue weighted by Crippen LogP contribution is -2.32. The lowest BCUT2D eigenvalue weighted by atomic mass is 10.2. The van der Waals surface area contributed by atoms with Gasteiger partial charge < -0.3 is 9.32 Å². The quantitative estimate of drug-likeness (QED) is 0.323. The number of aryl methyl sites for hydroxylation is 1. The van der Waals surface area contributed by atoms with Crippen molar-refractivity contribution in [2.45, 2.75) is 33.4 Å². The average Bonchev–Trinajstić information content (AvgIpc) is 3.38. The number of benzene rings is 2. The van der Waals surface area contributed by atoms with Crippen LogP contribution in [0.2, 0.25) is 10.2 Å². The van der Waals surface area contributed by atoms with Crippen LogP contribution in [0.5, 0.6) is 0 Å². The molecule has 0 bridgehead atoms. The topological polar surface area (TPSA) is 77.1 Å². The van der Waals surface area contributed by atoms with Crippen LogP contribution in [0.25, 0.3) is 11.5 Å². The lowest BCUT2D eigenvalue weighted by Gasteiger charge is -2.20. The Kier molecular flexibility index (Phi) is 7.11. The number of carbonyl (C=O) groups excluding carboxylic acids is 1. The molecule has 0 N–H and O–H groups in total. The zero-order valence-electron chi connectivity index (χ0n) is 18.3. The van der Waals surface area contributed by atoms with Crippen LogP contribution in [0.3, 0.4) is 0 Å². The molecule has 2 heterocycles. The van der Waals surface area contributed by atoms with E-state index >= 15 is 0 Å². The fourth-order valence-corrected chi connectivity index (χ4v) is 4.09. The van der Waals surface area contributed by atoms with Gasteiger partial charge in [0.05, 0.1) is 34.9 Å². The van der Waals surface area contributed by atoms with E-state index in [2.05, 4.69) is 15.3 Å². The monoisotopic (exact) mass is 483 g/mol. The van der Waals surface area contributed by atoms with Crippen molar-refractivity contribution in [1.29, 1.82) is 0 Å². The van der Waals surface area contributed by atoms with Crippen LogP contribution in [0.1, 0.15) is 40.9 Å². The van der Waals surface area contributed by atoms with E-state index in [1.165, 1.54) is 0 Å². The number of hydrogen-bond acceptors (Lipinski definition) is 5. The summed E-state index contributed by atoms with van der Waals surface area (Å²) < 4.78 is 7.45. The smallest absolute Gasteiger partial charge is 0.259 e. The lowest BCUT2D eigenvalue weighted by molar-refractivity contribution is 0.0728. The highest BCUT2D eigenvalue weighted by Crippen LogP contribution is 2.27. The van der Waals surface area contributed by atoms with Gasteiger partial charge in [0, 0.05) is 6.54 Å². The molecule has 0 fully saturated rings. The summed E-state index contributed by atoms with van der Waals surface area (Å²) in [6.45, 7) is 4.92. The Hall–Kier alpha value is -3.16. The molecule has 33 heavy (non-hydrogen) atoms. The van der Waals surface area contributed by atoms with Crippen LogP contribution in [0.4, 0.5) is 0 Å². The summed E-state index contributed by atoms with van der Waals surface area (Å²) in [7, 11) is 0. The molecule has 0 aliphatic rings. The molecule has 2 aromatic heterocycles. The second-order valence-electron chi connectivity index (χ2n) is 7.60. The molecule has 0 atom stereocenters. The van der Waals surface area contributed by atoms with Crippen molar-refractivity contribution in [3.8, 4) is 11.5 Å². The predicted molar refractivity (Wildman–Crippen MR) is 127 cm³/mol. The van der Waals surface area contributed by atoms with E-state index in [0.717, 1.165) is 12.0 Å². The zero-order valence-corrected chi connectivity index (χ0v) is 19.8. The maximum absolute atomic E-state index is 13.5. The fourth-order valence-electron chi connectivity index (χ4n) is 3.56. The van der Waals surface area contributed by atoms with Crippen LogP contribution in [0, 0.1) is 6.92 Å². The summed E-state index contributed by atoms with van der Waals surface area (Å²) in [4.78, 5) is 15.1. The summed E-state index contributed by atoms with van der Waals surface area (Å²) in [6, 6.07) is 17.1. The number of nitrogens with zero attached hydrogens (tertiary/aromatic N) is 5. The maximum Gasteiger partial charge on any atom is 0.259 e. The normalized spacial score (nSPS) is 11.0. The molecule has 0 unspecified atom stereocenters. The van der Waals surface area contributed by atoms with Gasteiger partial charge in [-0.1, -0.05) is 72.6 Å². The van der Waals surface area contributed by atoms with E-state index in [9.17, 15) is 4.79 Å². The van der Waals surface area contributed by atoms with Gasteiger partial charge in [-0.3, -0.25) is 4.79 Å². The molecule has 0 saturated carbocycles. The third kappa shape index (κ3) is 5.10. The molecule has 9 heteroatoms. The molecular weight excluding hydrogens is 461 g/mol. The summed E-state index contributed by atoms with van der Waals surface area (Å²) in [5.41, 5.74) is 2.65. The minimum absolute atomic E-state index is 0.157. The minimum Gasteiger partial charge on any atom is -0.419 e. The minimum atomic E-state index is -0.226. The standard InChI is InChI=1S/C24H23Cl2N5O2/c1-3-13-30(15-20-27-28-23(33-20)18-11-7-8-12-19(18)25)24(32)21-16(2)29-31(22(21)26)14-17-9-5-4-6-10-17/h4-12H,3,13-15H2,1-2H3. The first-order valence-electron chi connectivity index (χ1n) is 10.6. The van der Waals surface area contributed by atoms with Crippen LogP contribution in [0.15, 0.2) is 59.0 Å². The van der Waals surface area contributed by atoms with Crippen LogP contribution < -0.4 is 0 Å². The predicted octanol–water partition coefficient (Wildman–Crippen LogP) is 5.65. The van der Waals surface area contributed by atoms with Gasteiger partial charge in [-0.25, -0.2) is 4.68 Å². The zero-order chi connectivity index (χ0) is 23.4. The summed E-state index contributed by atoms with van der Waals surface area (Å²) in [5, 5.41) is 13.5. The first kappa shape index (κ1) is 23.0. The van der Waals surface area contributed by atoms with Gasteiger partial charge >= 0.3 is 0 Å². The van der Waals surface area contributed by atoms with E-state index in [4.69, 9.17) is 27.6 Å². The fraction of sp³-hybridized carbons (Fsp3) is 0.250. The second kappa shape index (κ2) is 10.2. The SMILES string of the molecule is CCCN(Cc1nnc(-c2ccccc2Cl)o1)C(=O)c1c(C)nn(Cc2ccccc2)c1Cl. The molecule has 4 aromatic rings. The molecule has 0 aliphatic heterocycles. The third-order valence-corrected chi connectivity index (χ3v) is 5.85. The van der Waals surface area contributed by atoms with E-state index in [-0.39, 0.29) is 12.5 Å². The maximum atomic E-state index is 13.5. The van der Waals surface area contributed by atoms with Crippen molar-refractivity contribution >= 4 is 29.1 Å². The van der Waals surface area contributed by atoms with Crippen molar-refractivity contribution in [1.82, 2.24) is 24.9 Å². The Morgan fingerprint density at radius 1 is 1.06 bits per heavy atom. The van der Waals surface area contributed by atoms with E-state index < -0.39 is 0 Å². The Balaban J connectivity index is 1.56. The Labute approximate surface area is 201 Å². The number of aromatic nitrogens is 4. The van der Waals surface area contributed by atoms with Gasteiger partial charge in [0.1, 0.15) is 5.15 Å². The molecule has 170 valence electrons. The Morgan fingerprint density at radius 3 is 2.52 bits per heavy atom. The average molecular weight is 484 g/mol. The number of rotatable bonds is 8. The molecular formula is C24H23Cl2N5O2. The largest absolute Gasteiger partial charge is 0.419 e. The first-order chi connectivity index (χ1) is 16.0. The third-order valence-electron chi connectivity index (χ3n) is 5.13. The van der Waals surface area contributed by atoms with Crippen LogP contribution in [-0.4, -0.2) is 37.3 Å². The van der Waals surface area contributed by atoms with E-state index in [1.54, 1.807) is 28.6 Å². The Morgan fingerprint density at radius 2 is 1.79 bits per heavy atom.